The summed E-state index contributed by atoms with van der Waals surface area (Å²) in [6, 6.07) is 1.61. The number of ether oxygens (including phenoxy) is 1. The Morgan fingerprint density at radius 3 is 2.82 bits per heavy atom. The lowest BCUT2D eigenvalue weighted by atomic mass is 10.3. The van der Waals surface area contributed by atoms with Crippen LogP contribution in [-0.2, 0) is 4.79 Å². The second-order valence-electron chi connectivity index (χ2n) is 7.29. The molecule has 3 N–H and O–H groups in total. The Kier molecular flexibility index (Phi) is 7.72. The lowest BCUT2D eigenvalue weighted by Crippen LogP contribution is -2.30. The van der Waals surface area contributed by atoms with Crippen molar-refractivity contribution in [2.45, 2.75) is 26.3 Å². The van der Waals surface area contributed by atoms with Crippen molar-refractivity contribution in [1.82, 2.24) is 24.7 Å². The van der Waals surface area contributed by atoms with E-state index in [1.807, 2.05) is 14.0 Å². The lowest BCUT2D eigenvalue weighted by Gasteiger charge is -2.18. The van der Waals surface area contributed by atoms with Crippen molar-refractivity contribution in [1.29, 1.82) is 0 Å². The van der Waals surface area contributed by atoms with Crippen LogP contribution >= 0.6 is 0 Å². The monoisotopic (exact) mass is 459 g/mol. The highest BCUT2D eigenvalue weighted by Gasteiger charge is 2.25. The van der Waals surface area contributed by atoms with Gasteiger partial charge in [-0.1, -0.05) is 0 Å². The first-order valence-corrected chi connectivity index (χ1v) is 10.4. The summed E-state index contributed by atoms with van der Waals surface area (Å²) in [5, 5.41) is 12.8. The topological polar surface area (TPSA) is 134 Å². The first-order chi connectivity index (χ1) is 15.9. The average Bonchev–Trinajstić information content (AvgIpc) is 3.41. The fourth-order valence-corrected chi connectivity index (χ4v) is 3.54. The number of carbonyl (C=O) groups excluding carboxylic acids is 1. The zero-order valence-corrected chi connectivity index (χ0v) is 18.6. The molecule has 176 valence electrons. The number of nitrogens with zero attached hydrogens (tertiary/aromatic N) is 5. The van der Waals surface area contributed by atoms with Gasteiger partial charge in [0, 0.05) is 43.8 Å². The van der Waals surface area contributed by atoms with Crippen molar-refractivity contribution >= 4 is 29.7 Å². The molecule has 11 nitrogen and oxygen atoms in total. The normalized spacial score (nSPS) is 15.2. The van der Waals surface area contributed by atoms with E-state index in [-0.39, 0.29) is 23.6 Å². The zero-order chi connectivity index (χ0) is 24.0. The van der Waals surface area contributed by atoms with Gasteiger partial charge in [-0.25, -0.2) is 14.4 Å². The molecule has 1 aliphatic rings. The van der Waals surface area contributed by atoms with Crippen molar-refractivity contribution in [2.75, 3.05) is 37.0 Å². The number of imidazole rings is 1. The standard InChI is InChI=1S/C20H24FN7O2.CH2O2/c1-4-30-19-15(8-23-20(26-19)27-6-5-13(10-27)22-3)18(29)25-14-7-16(21)17-24-12(2)9-28(17)11-14;2-1-3/h7-9,11,13,22H,4-6,10H2,1-3H3,(H,25,29);1H,(H,2,3)/t13-;/m1./s1. The number of hydrogen-bond donors (Lipinski definition) is 3. The van der Waals surface area contributed by atoms with Crippen molar-refractivity contribution in [2.24, 2.45) is 0 Å². The molecule has 0 spiro atoms. The molecule has 0 aliphatic carbocycles. The van der Waals surface area contributed by atoms with Crippen molar-refractivity contribution in [3.63, 3.8) is 0 Å². The summed E-state index contributed by atoms with van der Waals surface area (Å²) in [6.07, 6.45) is 5.74. The van der Waals surface area contributed by atoms with E-state index in [1.54, 1.807) is 19.3 Å². The van der Waals surface area contributed by atoms with Gasteiger partial charge in [-0.3, -0.25) is 9.59 Å². The Bertz CT molecular complexity index is 1140. The highest BCUT2D eigenvalue weighted by Crippen LogP contribution is 2.23. The second kappa shape index (κ2) is 10.7. The lowest BCUT2D eigenvalue weighted by molar-refractivity contribution is -0.122. The minimum Gasteiger partial charge on any atom is -0.483 e. The molecule has 3 aromatic rings. The summed E-state index contributed by atoms with van der Waals surface area (Å²) in [5.74, 6) is -0.275. The number of nitrogens with one attached hydrogen (secondary N) is 2. The van der Waals surface area contributed by atoms with Gasteiger partial charge in [-0.2, -0.15) is 4.98 Å². The molecule has 1 fully saturated rings. The van der Waals surface area contributed by atoms with E-state index in [4.69, 9.17) is 14.6 Å². The van der Waals surface area contributed by atoms with Crippen LogP contribution in [0.3, 0.4) is 0 Å². The average molecular weight is 459 g/mol. The predicted octanol–water partition coefficient (Wildman–Crippen LogP) is 1.72. The van der Waals surface area contributed by atoms with Crippen LogP contribution in [0.2, 0.25) is 0 Å². The molecule has 1 atom stereocenters. The number of rotatable bonds is 6. The quantitative estimate of drug-likeness (QED) is 0.471. The number of carboxylic acid groups (broad SMARTS) is 1. The molecule has 0 unspecified atom stereocenters. The first kappa shape index (κ1) is 23.9. The van der Waals surface area contributed by atoms with Gasteiger partial charge >= 0.3 is 0 Å². The molecular formula is C21H26FN7O4. The molecule has 3 aromatic heterocycles. The van der Waals surface area contributed by atoms with Crippen LogP contribution in [0.5, 0.6) is 5.88 Å². The molecule has 12 heteroatoms. The Hall–Kier alpha value is -3.80. The number of pyridine rings is 1. The van der Waals surface area contributed by atoms with Gasteiger partial charge in [-0.05, 0) is 27.3 Å². The maximum atomic E-state index is 14.3. The highest BCUT2D eigenvalue weighted by atomic mass is 19.1. The molecular weight excluding hydrogens is 433 g/mol. The smallest absolute Gasteiger partial charge is 0.290 e. The maximum Gasteiger partial charge on any atom is 0.290 e. The Balaban J connectivity index is 0.000000968. The summed E-state index contributed by atoms with van der Waals surface area (Å²) < 4.78 is 21.4. The van der Waals surface area contributed by atoms with E-state index >= 15 is 0 Å². The number of fused-ring (bicyclic) bond motifs is 1. The van der Waals surface area contributed by atoms with Crippen molar-refractivity contribution in [3.8, 4) is 5.88 Å². The van der Waals surface area contributed by atoms with Gasteiger partial charge in [0.15, 0.2) is 11.5 Å². The van der Waals surface area contributed by atoms with E-state index in [0.29, 0.717) is 30.0 Å². The van der Waals surface area contributed by atoms with Crippen LogP contribution in [0.4, 0.5) is 16.0 Å². The largest absolute Gasteiger partial charge is 0.483 e. The summed E-state index contributed by atoms with van der Waals surface area (Å²) in [5.41, 5.74) is 1.37. The van der Waals surface area contributed by atoms with Crippen LogP contribution < -0.4 is 20.3 Å². The van der Waals surface area contributed by atoms with Gasteiger partial charge in [-0.15, -0.1) is 0 Å². The van der Waals surface area contributed by atoms with Gasteiger partial charge in [0.25, 0.3) is 12.4 Å². The van der Waals surface area contributed by atoms with Crippen molar-refractivity contribution in [3.05, 3.63) is 41.7 Å². The number of carbonyl (C=O) groups is 2. The number of hydrogen-bond acceptors (Lipinski definition) is 8. The second-order valence-corrected chi connectivity index (χ2v) is 7.29. The molecule has 4 rings (SSSR count). The van der Waals surface area contributed by atoms with E-state index in [1.165, 1.54) is 16.7 Å². The van der Waals surface area contributed by atoms with Crippen LogP contribution in [0.25, 0.3) is 5.65 Å². The summed E-state index contributed by atoms with van der Waals surface area (Å²) >= 11 is 0. The predicted molar refractivity (Wildman–Crippen MR) is 119 cm³/mol. The third-order valence-corrected chi connectivity index (χ3v) is 5.03. The number of aryl methyl sites for hydroxylation is 1. The van der Waals surface area contributed by atoms with E-state index in [0.717, 1.165) is 19.5 Å². The molecule has 0 radical (unpaired) electrons. The summed E-state index contributed by atoms with van der Waals surface area (Å²) in [6.45, 7) is 5.31. The Morgan fingerprint density at radius 2 is 2.15 bits per heavy atom. The molecule has 0 bridgehead atoms. The van der Waals surface area contributed by atoms with E-state index in [9.17, 15) is 9.18 Å². The molecule has 1 aliphatic heterocycles. The summed E-state index contributed by atoms with van der Waals surface area (Å²) in [7, 11) is 1.93. The fraction of sp³-hybridized carbons (Fsp3) is 0.381. The van der Waals surface area contributed by atoms with Crippen LogP contribution in [0.15, 0.2) is 24.7 Å². The van der Waals surface area contributed by atoms with Crippen LogP contribution in [0.1, 0.15) is 29.4 Å². The Labute approximate surface area is 189 Å². The Morgan fingerprint density at radius 1 is 1.39 bits per heavy atom. The van der Waals surface area contributed by atoms with E-state index in [2.05, 4.69) is 30.5 Å². The number of aromatic nitrogens is 4. The fourth-order valence-electron chi connectivity index (χ4n) is 3.54. The third-order valence-electron chi connectivity index (χ3n) is 5.03. The number of amides is 1. The first-order valence-electron chi connectivity index (χ1n) is 10.4. The van der Waals surface area contributed by atoms with Gasteiger partial charge < -0.3 is 29.8 Å². The summed E-state index contributed by atoms with van der Waals surface area (Å²) in [4.78, 5) is 36.2. The van der Waals surface area contributed by atoms with Crippen molar-refractivity contribution < 1.29 is 23.8 Å². The molecule has 0 saturated carbocycles. The van der Waals surface area contributed by atoms with Crippen LogP contribution in [-0.4, -0.2) is 69.6 Å². The van der Waals surface area contributed by atoms with Gasteiger partial charge in [0.1, 0.15) is 5.56 Å². The minimum atomic E-state index is -0.523. The third kappa shape index (κ3) is 5.52. The number of halogens is 1. The van der Waals surface area contributed by atoms with E-state index < -0.39 is 11.7 Å². The molecule has 4 heterocycles. The number of likely N-dealkylation sites (N-methyl/N-ethyl adjacent to an activating group) is 1. The highest BCUT2D eigenvalue weighted by molar-refractivity contribution is 6.05. The van der Waals surface area contributed by atoms with Gasteiger partial charge in [0.05, 0.1) is 18.0 Å². The maximum absolute atomic E-state index is 14.3. The minimum absolute atomic E-state index is 0.187. The molecule has 1 saturated heterocycles. The molecule has 0 aromatic carbocycles. The van der Waals surface area contributed by atoms with Crippen LogP contribution in [0, 0.1) is 12.7 Å². The molecule has 1 amide bonds. The number of anilines is 2. The SMILES string of the molecule is CCOc1nc(N2CC[C@@H](NC)C2)ncc1C(=O)Nc1cc(F)c2nc(C)cn2c1.O=CO. The molecule has 33 heavy (non-hydrogen) atoms. The van der Waals surface area contributed by atoms with Gasteiger partial charge in [0.2, 0.25) is 11.8 Å². The zero-order valence-electron chi connectivity index (χ0n) is 18.6.